The summed E-state index contributed by atoms with van der Waals surface area (Å²) in [5.41, 5.74) is 0. The van der Waals surface area contributed by atoms with Gasteiger partial charge in [0.2, 0.25) is 0 Å². The molecule has 0 nitrogen and oxygen atoms in total. The Hall–Kier alpha value is 2.95. The predicted octanol–water partition coefficient (Wildman–Crippen LogP) is -4.42. The van der Waals surface area contributed by atoms with Crippen LogP contribution in [0.3, 0.4) is 0 Å². The van der Waals surface area contributed by atoms with E-state index in [9.17, 15) is 0 Å². The van der Waals surface area contributed by atoms with E-state index in [0.717, 1.165) is 0 Å². The third-order valence-corrected chi connectivity index (χ3v) is 0. The van der Waals surface area contributed by atoms with Crippen molar-refractivity contribution in [1.29, 1.82) is 0 Å². The molecule has 22 valence electrons. The number of rotatable bonds is 0. The molecule has 0 aromatic heterocycles. The maximum absolute atomic E-state index is 4.61. The molecule has 0 saturated heterocycles. The summed E-state index contributed by atoms with van der Waals surface area (Å²) in [5.74, 6) is 0. The Morgan fingerprint density at radius 1 is 1.25 bits per heavy atom. The van der Waals surface area contributed by atoms with Crippen LogP contribution in [-0.2, 0) is 0 Å². The molecule has 4 heteroatoms. The van der Waals surface area contributed by atoms with Gasteiger partial charge in [-0.2, -0.15) is 0 Å². The summed E-state index contributed by atoms with van der Waals surface area (Å²) in [7, 11) is 4.61. The Balaban J connectivity index is -0.00000000500. The first kappa shape index (κ1) is 15.8. The second-order valence-electron chi connectivity index (χ2n) is 0. The van der Waals surface area contributed by atoms with Crippen LogP contribution in [0, 0.1) is 0 Å². The fourth-order valence-corrected chi connectivity index (χ4v) is 0. The zero-order chi connectivity index (χ0) is 2.00. The normalized spacial score (nSPS) is 1.50. The molecule has 0 aromatic carbocycles. The van der Waals surface area contributed by atoms with Gasteiger partial charge in [-0.05, 0) is 8.91 Å². The number of halogens is 3. The summed E-state index contributed by atoms with van der Waals surface area (Å²) in [6, 6.07) is 0. The maximum Gasteiger partial charge on any atom is 1.00 e. The third-order valence-electron chi connectivity index (χ3n) is 0. The Morgan fingerprint density at radius 2 is 1.25 bits per heavy atom. The van der Waals surface area contributed by atoms with Crippen LogP contribution in [0.5, 0.6) is 0 Å². The standard InChI is InChI=1S/ClI.ClH.K/c1-2;;/h;1H;/q;;+1/p-1. The molecular weight excluding hydrogens is 237 g/mol. The van der Waals surface area contributed by atoms with Crippen molar-refractivity contribution in [1.82, 2.24) is 0 Å². The average Bonchev–Trinajstić information content (AvgIpc) is 1.00. The van der Waals surface area contributed by atoms with Gasteiger partial charge in [0.05, 0.1) is 0 Å². The first-order valence-corrected chi connectivity index (χ1v) is 2.87. The molecule has 0 rings (SSSR count). The van der Waals surface area contributed by atoms with Crippen molar-refractivity contribution in [3.63, 3.8) is 0 Å². The molecular formula is Cl2IK. The van der Waals surface area contributed by atoms with Gasteiger partial charge >= 0.3 is 51.4 Å². The van der Waals surface area contributed by atoms with Crippen molar-refractivity contribution in [2.45, 2.75) is 0 Å². The van der Waals surface area contributed by atoms with E-state index in [-0.39, 0.29) is 63.8 Å². The van der Waals surface area contributed by atoms with Crippen LogP contribution in [-0.4, -0.2) is 0 Å². The maximum atomic E-state index is 4.61. The minimum absolute atomic E-state index is 0. The molecule has 0 N–H and O–H groups in total. The number of hydrogen-bond donors (Lipinski definition) is 0. The molecule has 0 radical (unpaired) electrons. The molecule has 0 fully saturated rings. The molecule has 0 heterocycles. The smallest absolute Gasteiger partial charge is 1.00 e. The van der Waals surface area contributed by atoms with Gasteiger partial charge in [-0.25, -0.2) is 0 Å². The Labute approximate surface area is 91.7 Å². The third kappa shape index (κ3) is 8.87. The summed E-state index contributed by atoms with van der Waals surface area (Å²) in [5, 5.41) is 0. The number of hydrogen-bond acceptors (Lipinski definition) is 0. The molecule has 0 aromatic rings. The van der Waals surface area contributed by atoms with E-state index in [0.29, 0.717) is 0 Å². The molecule has 0 saturated carbocycles. The van der Waals surface area contributed by atoms with Crippen molar-refractivity contribution in [2.75, 3.05) is 0 Å². The Kier molecular flexibility index (Phi) is 66.1. The molecule has 4 heavy (non-hydrogen) atoms. The van der Waals surface area contributed by atoms with Gasteiger partial charge in [-0.3, -0.25) is 0 Å². The zero-order valence-electron chi connectivity index (χ0n) is 2.13. The van der Waals surface area contributed by atoms with Gasteiger partial charge in [0.15, 0.2) is 0 Å². The summed E-state index contributed by atoms with van der Waals surface area (Å²) in [4.78, 5) is 0. The molecule has 0 atom stereocenters. The van der Waals surface area contributed by atoms with Crippen molar-refractivity contribution in [2.24, 2.45) is 0 Å². The molecule has 0 aliphatic rings. The van der Waals surface area contributed by atoms with Crippen molar-refractivity contribution in [3.05, 3.63) is 0 Å². The van der Waals surface area contributed by atoms with E-state index < -0.39 is 0 Å². The summed E-state index contributed by atoms with van der Waals surface area (Å²) < 4.78 is 0. The van der Waals surface area contributed by atoms with Crippen LogP contribution in [0.15, 0.2) is 0 Å². The minimum atomic E-state index is 0. The second kappa shape index (κ2) is 16.8. The zero-order valence-corrected chi connectivity index (χ0v) is 8.93. The summed E-state index contributed by atoms with van der Waals surface area (Å²) in [6.07, 6.45) is 0. The molecule has 0 amide bonds. The summed E-state index contributed by atoms with van der Waals surface area (Å²) >= 11 is 1.62. The fourth-order valence-electron chi connectivity index (χ4n) is 0. The average molecular weight is 237 g/mol. The monoisotopic (exact) mass is 236 g/mol. The van der Waals surface area contributed by atoms with Crippen molar-refractivity contribution >= 4 is 30.4 Å². The van der Waals surface area contributed by atoms with Crippen LogP contribution in [0.1, 0.15) is 0 Å². The molecule has 0 unspecified atom stereocenters. The molecule has 0 aliphatic carbocycles. The van der Waals surface area contributed by atoms with Crippen LogP contribution < -0.4 is 63.8 Å². The van der Waals surface area contributed by atoms with E-state index in [1.807, 2.05) is 0 Å². The topological polar surface area (TPSA) is 0 Å². The van der Waals surface area contributed by atoms with E-state index >= 15 is 0 Å². The van der Waals surface area contributed by atoms with Gasteiger partial charge in [-0.1, -0.05) is 0 Å². The Morgan fingerprint density at radius 3 is 1.25 bits per heavy atom. The van der Waals surface area contributed by atoms with E-state index in [4.69, 9.17) is 0 Å². The fraction of sp³-hybridized carbons (Fsp3) is 0. The first-order chi connectivity index (χ1) is 1.00. The second-order valence-corrected chi connectivity index (χ2v) is 0. The van der Waals surface area contributed by atoms with Gasteiger partial charge in [0, 0.05) is 21.5 Å². The Bertz CT molecular complexity index is 6.00. The predicted molar refractivity (Wildman–Crippen MR) is 19.9 cm³/mol. The van der Waals surface area contributed by atoms with Gasteiger partial charge in [-0.15, -0.1) is 0 Å². The van der Waals surface area contributed by atoms with Gasteiger partial charge in [0.25, 0.3) is 0 Å². The first-order valence-electron chi connectivity index (χ1n) is 0.143. The molecule has 0 spiro atoms. The van der Waals surface area contributed by atoms with Crippen molar-refractivity contribution < 1.29 is 63.8 Å². The van der Waals surface area contributed by atoms with E-state index in [2.05, 4.69) is 8.91 Å². The van der Waals surface area contributed by atoms with Crippen LogP contribution >= 0.6 is 30.4 Å². The SMILES string of the molecule is ClI.[Cl-].[K+]. The van der Waals surface area contributed by atoms with Crippen molar-refractivity contribution in [3.8, 4) is 0 Å². The van der Waals surface area contributed by atoms with Crippen LogP contribution in [0.25, 0.3) is 0 Å². The summed E-state index contributed by atoms with van der Waals surface area (Å²) in [6.45, 7) is 0. The van der Waals surface area contributed by atoms with Gasteiger partial charge in [0.1, 0.15) is 0 Å². The molecule has 0 aliphatic heterocycles. The van der Waals surface area contributed by atoms with Gasteiger partial charge < -0.3 is 12.4 Å². The quantitative estimate of drug-likeness (QED) is 0.294. The van der Waals surface area contributed by atoms with E-state index in [1.165, 1.54) is 0 Å². The van der Waals surface area contributed by atoms with E-state index in [1.54, 1.807) is 21.5 Å². The largest absolute Gasteiger partial charge is 1.00 e. The minimum Gasteiger partial charge on any atom is -1.00 e. The molecule has 0 bridgehead atoms. The van der Waals surface area contributed by atoms with Crippen LogP contribution in [0.2, 0.25) is 0 Å². The van der Waals surface area contributed by atoms with Crippen LogP contribution in [0.4, 0.5) is 0 Å².